The van der Waals surface area contributed by atoms with E-state index in [1.165, 1.54) is 31.2 Å². The van der Waals surface area contributed by atoms with Gasteiger partial charge in [0.1, 0.15) is 0 Å². The van der Waals surface area contributed by atoms with Gasteiger partial charge in [-0.2, -0.15) is 0 Å². The van der Waals surface area contributed by atoms with E-state index in [2.05, 4.69) is 21.2 Å². The summed E-state index contributed by atoms with van der Waals surface area (Å²) in [6.07, 6.45) is -1.06. The lowest BCUT2D eigenvalue weighted by atomic mass is 10.2. The molecule has 0 fully saturated rings. The molecule has 2 aromatic rings. The number of carbonyl (C=O) groups is 2. The largest absolute Gasteiger partial charge is 0.449 e. The number of carbonyl (C=O) groups excluding carboxylic acids is 2. The zero-order valence-corrected chi connectivity index (χ0v) is 14.1. The van der Waals surface area contributed by atoms with Gasteiger partial charge >= 0.3 is 5.97 Å². The van der Waals surface area contributed by atoms with E-state index < -0.39 is 22.9 Å². The minimum atomic E-state index is -1.06. The van der Waals surface area contributed by atoms with Gasteiger partial charge in [0.25, 0.3) is 11.6 Å². The van der Waals surface area contributed by atoms with Crippen molar-refractivity contribution in [3.05, 3.63) is 68.7 Å². The van der Waals surface area contributed by atoms with Crippen LogP contribution in [0.3, 0.4) is 0 Å². The second kappa shape index (κ2) is 7.69. The number of non-ortho nitro benzene ring substituents is 1. The van der Waals surface area contributed by atoms with Crippen LogP contribution in [0.25, 0.3) is 0 Å². The van der Waals surface area contributed by atoms with Gasteiger partial charge in [-0.15, -0.1) is 0 Å². The number of rotatable bonds is 5. The Labute approximate surface area is 145 Å². The summed E-state index contributed by atoms with van der Waals surface area (Å²) in [6, 6.07) is 12.0. The number of nitro benzene ring substituents is 1. The highest BCUT2D eigenvalue weighted by molar-refractivity contribution is 9.10. The van der Waals surface area contributed by atoms with Gasteiger partial charge in [0.05, 0.1) is 10.5 Å². The van der Waals surface area contributed by atoms with E-state index in [1.807, 2.05) is 0 Å². The predicted molar refractivity (Wildman–Crippen MR) is 90.7 cm³/mol. The maximum atomic E-state index is 12.0. The van der Waals surface area contributed by atoms with E-state index in [1.54, 1.807) is 24.3 Å². The van der Waals surface area contributed by atoms with E-state index in [-0.39, 0.29) is 11.4 Å². The summed E-state index contributed by atoms with van der Waals surface area (Å²) in [5.74, 6) is -1.22. The molecular formula is C16H13BrN2O5. The van der Waals surface area contributed by atoms with Crippen LogP contribution in [0.5, 0.6) is 0 Å². The molecule has 1 N–H and O–H groups in total. The number of esters is 1. The first-order valence-electron chi connectivity index (χ1n) is 6.88. The van der Waals surface area contributed by atoms with Crippen molar-refractivity contribution in [2.24, 2.45) is 0 Å². The second-order valence-corrected chi connectivity index (χ2v) is 5.77. The lowest BCUT2D eigenvalue weighted by Gasteiger charge is -2.13. The van der Waals surface area contributed by atoms with Crippen molar-refractivity contribution in [1.29, 1.82) is 0 Å². The molecule has 0 saturated heterocycles. The van der Waals surface area contributed by atoms with Crippen LogP contribution >= 0.6 is 15.9 Å². The Balaban J connectivity index is 1.99. The molecule has 8 heteroatoms. The highest BCUT2D eigenvalue weighted by Gasteiger charge is 2.19. The fraction of sp³-hybridized carbons (Fsp3) is 0.125. The molecule has 0 radical (unpaired) electrons. The summed E-state index contributed by atoms with van der Waals surface area (Å²) in [7, 11) is 0. The Morgan fingerprint density at radius 3 is 2.50 bits per heavy atom. The molecule has 1 unspecified atom stereocenters. The number of nitrogens with zero attached hydrogens (tertiary/aromatic N) is 1. The SMILES string of the molecule is CC(OC(=O)c1ccc(Br)cc1)C(=O)Nc1cccc([N+](=O)[O-])c1. The van der Waals surface area contributed by atoms with Crippen LogP contribution in [0.1, 0.15) is 17.3 Å². The maximum absolute atomic E-state index is 12.0. The maximum Gasteiger partial charge on any atom is 0.338 e. The number of hydrogen-bond acceptors (Lipinski definition) is 5. The lowest BCUT2D eigenvalue weighted by Crippen LogP contribution is -2.30. The molecule has 0 aliphatic carbocycles. The number of benzene rings is 2. The van der Waals surface area contributed by atoms with Crippen molar-refractivity contribution in [2.75, 3.05) is 5.32 Å². The first-order chi connectivity index (χ1) is 11.4. The summed E-state index contributed by atoms with van der Waals surface area (Å²) in [6.45, 7) is 1.42. The Morgan fingerprint density at radius 2 is 1.88 bits per heavy atom. The number of halogens is 1. The van der Waals surface area contributed by atoms with Crippen molar-refractivity contribution >= 4 is 39.2 Å². The highest BCUT2D eigenvalue weighted by atomic mass is 79.9. The van der Waals surface area contributed by atoms with Gasteiger partial charge in [0, 0.05) is 22.3 Å². The second-order valence-electron chi connectivity index (χ2n) is 4.85. The van der Waals surface area contributed by atoms with Crippen molar-refractivity contribution < 1.29 is 19.2 Å². The van der Waals surface area contributed by atoms with E-state index in [4.69, 9.17) is 4.74 Å². The van der Waals surface area contributed by atoms with Crippen LogP contribution in [0, 0.1) is 10.1 Å². The van der Waals surface area contributed by atoms with Crippen LogP contribution in [-0.4, -0.2) is 22.9 Å². The van der Waals surface area contributed by atoms with Gasteiger partial charge in [-0.1, -0.05) is 22.0 Å². The number of anilines is 1. The monoisotopic (exact) mass is 392 g/mol. The van der Waals surface area contributed by atoms with Gasteiger partial charge in [-0.3, -0.25) is 14.9 Å². The Hall–Kier alpha value is -2.74. The number of ether oxygens (including phenoxy) is 1. The van der Waals surface area contributed by atoms with Gasteiger partial charge in [0.2, 0.25) is 0 Å². The molecule has 0 aliphatic rings. The lowest BCUT2D eigenvalue weighted by molar-refractivity contribution is -0.384. The number of hydrogen-bond donors (Lipinski definition) is 1. The molecular weight excluding hydrogens is 380 g/mol. The fourth-order valence-electron chi connectivity index (χ4n) is 1.81. The van der Waals surface area contributed by atoms with E-state index >= 15 is 0 Å². The van der Waals surface area contributed by atoms with E-state index in [9.17, 15) is 19.7 Å². The molecule has 2 aromatic carbocycles. The molecule has 0 aromatic heterocycles. The molecule has 1 atom stereocenters. The molecule has 7 nitrogen and oxygen atoms in total. The van der Waals surface area contributed by atoms with Crippen molar-refractivity contribution in [3.8, 4) is 0 Å². The molecule has 0 heterocycles. The number of nitro groups is 1. The molecule has 0 aliphatic heterocycles. The first-order valence-corrected chi connectivity index (χ1v) is 7.68. The smallest absolute Gasteiger partial charge is 0.338 e. The van der Waals surface area contributed by atoms with Crippen LogP contribution in [-0.2, 0) is 9.53 Å². The zero-order valence-electron chi connectivity index (χ0n) is 12.6. The van der Waals surface area contributed by atoms with Crippen LogP contribution in [0.15, 0.2) is 53.0 Å². The zero-order chi connectivity index (χ0) is 17.7. The Morgan fingerprint density at radius 1 is 1.21 bits per heavy atom. The predicted octanol–water partition coefficient (Wildman–Crippen LogP) is 3.54. The third-order valence-corrected chi connectivity index (χ3v) is 3.59. The Bertz CT molecular complexity index is 776. The van der Waals surface area contributed by atoms with Gasteiger partial charge in [0.15, 0.2) is 6.10 Å². The number of nitrogens with one attached hydrogen (secondary N) is 1. The van der Waals surface area contributed by atoms with Gasteiger partial charge in [-0.05, 0) is 37.3 Å². The van der Waals surface area contributed by atoms with Crippen molar-refractivity contribution in [1.82, 2.24) is 0 Å². The fourth-order valence-corrected chi connectivity index (χ4v) is 2.07. The van der Waals surface area contributed by atoms with E-state index in [0.29, 0.717) is 5.56 Å². The van der Waals surface area contributed by atoms with E-state index in [0.717, 1.165) is 4.47 Å². The minimum Gasteiger partial charge on any atom is -0.449 e. The standard InChI is InChI=1S/C16H13BrN2O5/c1-10(24-16(21)11-5-7-12(17)8-6-11)15(20)18-13-3-2-4-14(9-13)19(22)23/h2-10H,1H3,(H,18,20). The molecule has 24 heavy (non-hydrogen) atoms. The third kappa shape index (κ3) is 4.63. The number of amides is 1. The van der Waals surface area contributed by atoms with Crippen LogP contribution in [0.4, 0.5) is 11.4 Å². The molecule has 0 spiro atoms. The third-order valence-electron chi connectivity index (χ3n) is 3.06. The normalized spacial score (nSPS) is 11.4. The molecule has 2 rings (SSSR count). The highest BCUT2D eigenvalue weighted by Crippen LogP contribution is 2.18. The average Bonchev–Trinajstić information content (AvgIpc) is 2.55. The minimum absolute atomic E-state index is 0.146. The summed E-state index contributed by atoms with van der Waals surface area (Å²) in [5.41, 5.74) is 0.418. The van der Waals surface area contributed by atoms with Crippen LogP contribution in [0.2, 0.25) is 0 Å². The summed E-state index contributed by atoms with van der Waals surface area (Å²) < 4.78 is 5.90. The quantitative estimate of drug-likeness (QED) is 0.476. The summed E-state index contributed by atoms with van der Waals surface area (Å²) in [4.78, 5) is 34.2. The summed E-state index contributed by atoms with van der Waals surface area (Å²) in [5, 5.41) is 13.2. The Kier molecular flexibility index (Phi) is 5.64. The molecule has 124 valence electrons. The molecule has 1 amide bonds. The summed E-state index contributed by atoms with van der Waals surface area (Å²) >= 11 is 3.26. The van der Waals surface area contributed by atoms with Gasteiger partial charge in [-0.25, -0.2) is 4.79 Å². The average molecular weight is 393 g/mol. The first kappa shape index (κ1) is 17.6. The van der Waals surface area contributed by atoms with Gasteiger partial charge < -0.3 is 10.1 Å². The molecule has 0 saturated carbocycles. The van der Waals surface area contributed by atoms with Crippen molar-refractivity contribution in [3.63, 3.8) is 0 Å². The molecule has 0 bridgehead atoms. The van der Waals surface area contributed by atoms with Crippen LogP contribution < -0.4 is 5.32 Å². The van der Waals surface area contributed by atoms with Crippen molar-refractivity contribution in [2.45, 2.75) is 13.0 Å². The topological polar surface area (TPSA) is 98.5 Å².